The molecule has 2 aromatic carbocycles. The third-order valence-corrected chi connectivity index (χ3v) is 4.99. The van der Waals surface area contributed by atoms with Gasteiger partial charge in [0.05, 0.1) is 6.10 Å². The lowest BCUT2D eigenvalue weighted by Crippen LogP contribution is -2.36. The van der Waals surface area contributed by atoms with E-state index >= 15 is 0 Å². The maximum absolute atomic E-state index is 10.6. The minimum atomic E-state index is -0.451. The molecule has 2 aromatic rings. The van der Waals surface area contributed by atoms with Gasteiger partial charge in [-0.1, -0.05) is 37.3 Å². The lowest BCUT2D eigenvalue weighted by molar-refractivity contribution is 0.134. The zero-order chi connectivity index (χ0) is 16.5. The SMILES string of the molecule is CCC(NC1Cc2ccccc2C1O)c1ccc2c(c1)OCCO2. The third-order valence-electron chi connectivity index (χ3n) is 4.99. The Kier molecular flexibility index (Phi) is 4.17. The molecule has 0 saturated heterocycles. The van der Waals surface area contributed by atoms with E-state index in [4.69, 9.17) is 9.47 Å². The second-order valence-electron chi connectivity index (χ2n) is 6.48. The average molecular weight is 325 g/mol. The van der Waals surface area contributed by atoms with Crippen molar-refractivity contribution in [3.63, 3.8) is 0 Å². The fourth-order valence-corrected chi connectivity index (χ4v) is 3.71. The molecule has 2 aliphatic rings. The van der Waals surface area contributed by atoms with Crippen LogP contribution in [0.5, 0.6) is 11.5 Å². The summed E-state index contributed by atoms with van der Waals surface area (Å²) >= 11 is 0. The molecule has 3 atom stereocenters. The molecular formula is C20H23NO3. The minimum Gasteiger partial charge on any atom is -0.486 e. The van der Waals surface area contributed by atoms with E-state index in [0.29, 0.717) is 13.2 Å². The van der Waals surface area contributed by atoms with Gasteiger partial charge >= 0.3 is 0 Å². The first-order valence-electron chi connectivity index (χ1n) is 8.67. The van der Waals surface area contributed by atoms with Crippen molar-refractivity contribution in [1.29, 1.82) is 0 Å². The third kappa shape index (κ3) is 2.76. The van der Waals surface area contributed by atoms with Crippen molar-refractivity contribution in [2.24, 2.45) is 0 Å². The molecule has 4 rings (SSSR count). The van der Waals surface area contributed by atoms with Crippen molar-refractivity contribution in [1.82, 2.24) is 5.32 Å². The Morgan fingerprint density at radius 2 is 1.92 bits per heavy atom. The highest BCUT2D eigenvalue weighted by Gasteiger charge is 2.32. The number of nitrogens with one attached hydrogen (secondary N) is 1. The van der Waals surface area contributed by atoms with Crippen LogP contribution >= 0.6 is 0 Å². The lowest BCUT2D eigenvalue weighted by Gasteiger charge is -2.26. The monoisotopic (exact) mass is 325 g/mol. The Hall–Kier alpha value is -2.04. The van der Waals surface area contributed by atoms with Crippen LogP contribution in [-0.4, -0.2) is 24.4 Å². The first-order chi connectivity index (χ1) is 11.8. The first kappa shape index (κ1) is 15.5. The Morgan fingerprint density at radius 3 is 2.71 bits per heavy atom. The van der Waals surface area contributed by atoms with Gasteiger partial charge in [0.25, 0.3) is 0 Å². The van der Waals surface area contributed by atoms with Crippen LogP contribution < -0.4 is 14.8 Å². The molecule has 0 amide bonds. The summed E-state index contributed by atoms with van der Waals surface area (Å²) in [4.78, 5) is 0. The summed E-state index contributed by atoms with van der Waals surface area (Å²) in [7, 11) is 0. The summed E-state index contributed by atoms with van der Waals surface area (Å²) in [6.45, 7) is 3.36. The molecule has 1 heterocycles. The highest BCUT2D eigenvalue weighted by molar-refractivity contribution is 5.45. The van der Waals surface area contributed by atoms with Crippen molar-refractivity contribution < 1.29 is 14.6 Å². The number of aliphatic hydroxyl groups is 1. The highest BCUT2D eigenvalue weighted by atomic mass is 16.6. The van der Waals surface area contributed by atoms with Gasteiger partial charge < -0.3 is 19.9 Å². The molecule has 0 fully saturated rings. The molecule has 0 bridgehead atoms. The van der Waals surface area contributed by atoms with Gasteiger partial charge in [0.2, 0.25) is 0 Å². The van der Waals surface area contributed by atoms with Crippen LogP contribution in [0.1, 0.15) is 42.2 Å². The van der Waals surface area contributed by atoms with E-state index in [1.165, 1.54) is 11.1 Å². The summed E-state index contributed by atoms with van der Waals surface area (Å²) in [6, 6.07) is 14.5. The molecule has 1 aliphatic heterocycles. The molecule has 0 spiro atoms. The smallest absolute Gasteiger partial charge is 0.161 e. The van der Waals surface area contributed by atoms with Gasteiger partial charge in [-0.2, -0.15) is 0 Å². The molecule has 0 radical (unpaired) electrons. The van der Waals surface area contributed by atoms with E-state index in [-0.39, 0.29) is 12.1 Å². The topological polar surface area (TPSA) is 50.7 Å². The Labute approximate surface area is 142 Å². The van der Waals surface area contributed by atoms with E-state index in [2.05, 4.69) is 30.4 Å². The fraction of sp³-hybridized carbons (Fsp3) is 0.400. The minimum absolute atomic E-state index is 0.0422. The van der Waals surface area contributed by atoms with Crippen molar-refractivity contribution in [3.05, 3.63) is 59.2 Å². The Morgan fingerprint density at radius 1 is 1.12 bits per heavy atom. The maximum atomic E-state index is 10.6. The van der Waals surface area contributed by atoms with Crippen molar-refractivity contribution in [3.8, 4) is 11.5 Å². The van der Waals surface area contributed by atoms with E-state index in [1.54, 1.807) is 0 Å². The molecule has 4 nitrogen and oxygen atoms in total. The quantitative estimate of drug-likeness (QED) is 0.907. The molecule has 24 heavy (non-hydrogen) atoms. The standard InChI is InChI=1S/C20H23NO3/c1-2-16(14-7-8-18-19(12-14)24-10-9-23-18)21-17-11-13-5-3-4-6-15(13)20(17)22/h3-8,12,16-17,20-22H,2,9-11H2,1H3. The molecule has 126 valence electrons. The first-order valence-corrected chi connectivity index (χ1v) is 8.67. The number of benzene rings is 2. The van der Waals surface area contributed by atoms with E-state index in [9.17, 15) is 5.11 Å². The number of hydrogen-bond acceptors (Lipinski definition) is 4. The number of rotatable bonds is 4. The average Bonchev–Trinajstić information content (AvgIpc) is 2.95. The maximum Gasteiger partial charge on any atom is 0.161 e. The summed E-state index contributed by atoms with van der Waals surface area (Å²) in [6.07, 6.45) is 1.35. The van der Waals surface area contributed by atoms with Crippen LogP contribution in [0.2, 0.25) is 0 Å². The summed E-state index contributed by atoms with van der Waals surface area (Å²) in [5, 5.41) is 14.3. The fourth-order valence-electron chi connectivity index (χ4n) is 3.71. The van der Waals surface area contributed by atoms with Crippen molar-refractivity contribution in [2.45, 2.75) is 38.0 Å². The largest absolute Gasteiger partial charge is 0.486 e. The van der Waals surface area contributed by atoms with Gasteiger partial charge in [0.15, 0.2) is 11.5 Å². The Balaban J connectivity index is 1.53. The molecule has 1 aliphatic carbocycles. The summed E-state index contributed by atoms with van der Waals surface area (Å²) < 4.78 is 11.3. The summed E-state index contributed by atoms with van der Waals surface area (Å²) in [5.74, 6) is 1.63. The van der Waals surface area contributed by atoms with Gasteiger partial charge in [-0.25, -0.2) is 0 Å². The molecule has 4 heteroatoms. The van der Waals surface area contributed by atoms with Gasteiger partial charge in [-0.15, -0.1) is 0 Å². The molecule has 3 unspecified atom stereocenters. The predicted molar refractivity (Wildman–Crippen MR) is 92.5 cm³/mol. The zero-order valence-corrected chi connectivity index (χ0v) is 13.9. The number of hydrogen-bond donors (Lipinski definition) is 2. The zero-order valence-electron chi connectivity index (χ0n) is 13.9. The number of fused-ring (bicyclic) bond motifs is 2. The van der Waals surface area contributed by atoms with Crippen molar-refractivity contribution >= 4 is 0 Å². The van der Waals surface area contributed by atoms with E-state index in [1.807, 2.05) is 24.3 Å². The number of ether oxygens (including phenoxy) is 2. The normalized spacial score (nSPS) is 22.9. The van der Waals surface area contributed by atoms with Crippen LogP contribution in [0.3, 0.4) is 0 Å². The van der Waals surface area contributed by atoms with Gasteiger partial charge in [-0.05, 0) is 41.7 Å². The number of aliphatic hydroxyl groups excluding tert-OH is 1. The van der Waals surface area contributed by atoms with Gasteiger partial charge in [0, 0.05) is 12.1 Å². The second kappa shape index (κ2) is 6.46. The van der Waals surface area contributed by atoms with Gasteiger partial charge in [0.1, 0.15) is 13.2 Å². The van der Waals surface area contributed by atoms with Crippen LogP contribution in [0.25, 0.3) is 0 Å². The van der Waals surface area contributed by atoms with Crippen LogP contribution in [-0.2, 0) is 6.42 Å². The van der Waals surface area contributed by atoms with E-state index in [0.717, 1.165) is 29.9 Å². The van der Waals surface area contributed by atoms with Gasteiger partial charge in [-0.3, -0.25) is 0 Å². The lowest BCUT2D eigenvalue weighted by atomic mass is 10.0. The molecular weight excluding hydrogens is 302 g/mol. The molecule has 0 aromatic heterocycles. The summed E-state index contributed by atoms with van der Waals surface area (Å²) in [5.41, 5.74) is 3.46. The van der Waals surface area contributed by atoms with Crippen LogP contribution in [0, 0.1) is 0 Å². The second-order valence-corrected chi connectivity index (χ2v) is 6.48. The van der Waals surface area contributed by atoms with Crippen LogP contribution in [0.4, 0.5) is 0 Å². The predicted octanol–water partition coefficient (Wildman–Crippen LogP) is 3.16. The molecule has 2 N–H and O–H groups in total. The highest BCUT2D eigenvalue weighted by Crippen LogP contribution is 2.36. The van der Waals surface area contributed by atoms with Crippen molar-refractivity contribution in [2.75, 3.05) is 13.2 Å². The Bertz CT molecular complexity index is 731. The van der Waals surface area contributed by atoms with Crippen LogP contribution in [0.15, 0.2) is 42.5 Å². The molecule has 0 saturated carbocycles. The van der Waals surface area contributed by atoms with E-state index < -0.39 is 6.10 Å².